The summed E-state index contributed by atoms with van der Waals surface area (Å²) in [4.78, 5) is 10.7. The molecule has 0 amide bonds. The maximum atomic E-state index is 15.0. The highest BCUT2D eigenvalue weighted by molar-refractivity contribution is 5.83. The molecule has 2 aromatic carbocycles. The van der Waals surface area contributed by atoms with Crippen molar-refractivity contribution in [1.29, 1.82) is 0 Å². The monoisotopic (exact) mass is 482 g/mol. The lowest BCUT2D eigenvalue weighted by Gasteiger charge is -2.28. The Morgan fingerprint density at radius 1 is 1.06 bits per heavy atom. The molecule has 0 unspecified atom stereocenters. The Labute approximate surface area is 204 Å². The highest BCUT2D eigenvalue weighted by Gasteiger charge is 2.27. The lowest BCUT2D eigenvalue weighted by atomic mass is 9.82. The number of benzene rings is 2. The molecule has 0 bridgehead atoms. The number of carbonyl (C=O) groups is 1. The van der Waals surface area contributed by atoms with Crippen LogP contribution in [-0.2, 0) is 22.5 Å². The van der Waals surface area contributed by atoms with Crippen LogP contribution in [-0.4, -0.2) is 34.1 Å². The second-order valence-electron chi connectivity index (χ2n) is 9.37. The fourth-order valence-electron chi connectivity index (χ4n) is 5.05. The van der Waals surface area contributed by atoms with E-state index in [0.717, 1.165) is 56.0 Å². The molecule has 1 aliphatic rings. The first-order valence-corrected chi connectivity index (χ1v) is 12.4. The number of carboxylic acids is 1. The zero-order valence-corrected chi connectivity index (χ0v) is 20.1. The van der Waals surface area contributed by atoms with Gasteiger partial charge in [0.15, 0.2) is 11.6 Å². The maximum Gasteiger partial charge on any atom is 0.329 e. The molecule has 0 radical (unpaired) electrons. The summed E-state index contributed by atoms with van der Waals surface area (Å²) < 4.78 is 36.5. The smallest absolute Gasteiger partial charge is 0.329 e. The fraction of sp³-hybridized carbons (Fsp3) is 0.429. The van der Waals surface area contributed by atoms with Crippen molar-refractivity contribution in [1.82, 2.24) is 9.78 Å². The molecule has 0 atom stereocenters. The minimum absolute atomic E-state index is 0.248. The third kappa shape index (κ3) is 5.96. The summed E-state index contributed by atoms with van der Waals surface area (Å²) in [5.41, 5.74) is 3.40. The van der Waals surface area contributed by atoms with E-state index in [0.29, 0.717) is 36.1 Å². The molecule has 7 heteroatoms. The van der Waals surface area contributed by atoms with Crippen molar-refractivity contribution in [2.75, 3.05) is 13.2 Å². The van der Waals surface area contributed by atoms with Crippen molar-refractivity contribution < 1.29 is 23.4 Å². The predicted molar refractivity (Wildman–Crippen MR) is 131 cm³/mol. The van der Waals surface area contributed by atoms with Crippen molar-refractivity contribution in [2.24, 2.45) is 11.8 Å². The molecule has 0 saturated heterocycles. The van der Waals surface area contributed by atoms with Gasteiger partial charge in [0.05, 0.1) is 6.61 Å². The van der Waals surface area contributed by atoms with Crippen LogP contribution in [0.15, 0.2) is 48.5 Å². The van der Waals surface area contributed by atoms with E-state index in [-0.39, 0.29) is 12.2 Å². The molecule has 1 heterocycles. The van der Waals surface area contributed by atoms with Crippen LogP contribution in [0, 0.1) is 23.5 Å². The molecular formula is C28H32F2N2O3. The third-order valence-electron chi connectivity index (χ3n) is 6.79. The van der Waals surface area contributed by atoms with Gasteiger partial charge in [-0.25, -0.2) is 13.6 Å². The Balaban J connectivity index is 1.62. The Morgan fingerprint density at radius 2 is 1.77 bits per heavy atom. The molecule has 1 aromatic heterocycles. The summed E-state index contributed by atoms with van der Waals surface area (Å²) in [5, 5.41) is 13.7. The average molecular weight is 483 g/mol. The SMILES string of the molecule is CCCc1c(-c2cccc(F)c2F)c(-c2ccccc2)nn1CC1CCC(COCC(=O)O)CC1. The predicted octanol–water partition coefficient (Wildman–Crippen LogP) is 6.36. The van der Waals surface area contributed by atoms with Crippen LogP contribution < -0.4 is 0 Å². The minimum Gasteiger partial charge on any atom is -0.480 e. The zero-order valence-electron chi connectivity index (χ0n) is 20.1. The summed E-state index contributed by atoms with van der Waals surface area (Å²) in [7, 11) is 0. The van der Waals surface area contributed by atoms with Crippen LogP contribution in [0.3, 0.4) is 0 Å². The number of aliphatic carboxylic acids is 1. The summed E-state index contributed by atoms with van der Waals surface area (Å²) in [6.45, 7) is 3.01. The van der Waals surface area contributed by atoms with Gasteiger partial charge < -0.3 is 9.84 Å². The zero-order chi connectivity index (χ0) is 24.8. The number of hydrogen-bond acceptors (Lipinski definition) is 3. The lowest BCUT2D eigenvalue weighted by Crippen LogP contribution is -2.23. The van der Waals surface area contributed by atoms with Gasteiger partial charge in [-0.2, -0.15) is 5.10 Å². The number of carboxylic acid groups (broad SMARTS) is 1. The normalized spacial score (nSPS) is 18.0. The molecular weight excluding hydrogens is 450 g/mol. The largest absolute Gasteiger partial charge is 0.480 e. The second kappa shape index (κ2) is 11.6. The molecule has 0 spiro atoms. The van der Waals surface area contributed by atoms with E-state index in [4.69, 9.17) is 14.9 Å². The molecule has 0 aliphatic heterocycles. The van der Waals surface area contributed by atoms with E-state index in [9.17, 15) is 9.18 Å². The van der Waals surface area contributed by atoms with Gasteiger partial charge in [0, 0.05) is 28.9 Å². The maximum absolute atomic E-state index is 15.0. The molecule has 3 aromatic rings. The van der Waals surface area contributed by atoms with Crippen LogP contribution >= 0.6 is 0 Å². The third-order valence-corrected chi connectivity index (χ3v) is 6.79. The van der Waals surface area contributed by atoms with Crippen LogP contribution in [0.4, 0.5) is 8.78 Å². The topological polar surface area (TPSA) is 64.4 Å². The van der Waals surface area contributed by atoms with Crippen LogP contribution in [0.25, 0.3) is 22.4 Å². The van der Waals surface area contributed by atoms with E-state index >= 15 is 4.39 Å². The van der Waals surface area contributed by atoms with Gasteiger partial charge in [-0.05, 0) is 50.0 Å². The van der Waals surface area contributed by atoms with Gasteiger partial charge in [-0.15, -0.1) is 0 Å². The van der Waals surface area contributed by atoms with E-state index < -0.39 is 17.6 Å². The number of rotatable bonds is 10. The van der Waals surface area contributed by atoms with Gasteiger partial charge in [-0.3, -0.25) is 4.68 Å². The van der Waals surface area contributed by atoms with Crippen molar-refractivity contribution in [3.8, 4) is 22.4 Å². The fourth-order valence-corrected chi connectivity index (χ4v) is 5.05. The highest BCUT2D eigenvalue weighted by atomic mass is 19.2. The Bertz CT molecular complexity index is 1140. The first-order chi connectivity index (χ1) is 17.0. The van der Waals surface area contributed by atoms with Gasteiger partial charge in [0.2, 0.25) is 0 Å². The first kappa shape index (κ1) is 25.0. The number of nitrogens with zero attached hydrogens (tertiary/aromatic N) is 2. The molecule has 1 fully saturated rings. The van der Waals surface area contributed by atoms with Gasteiger partial charge >= 0.3 is 5.97 Å². The Morgan fingerprint density at radius 3 is 2.46 bits per heavy atom. The molecule has 1 saturated carbocycles. The van der Waals surface area contributed by atoms with E-state index in [2.05, 4.69) is 6.92 Å². The van der Waals surface area contributed by atoms with E-state index in [1.54, 1.807) is 12.1 Å². The van der Waals surface area contributed by atoms with Crippen molar-refractivity contribution >= 4 is 5.97 Å². The molecule has 1 N–H and O–H groups in total. The molecule has 186 valence electrons. The summed E-state index contributed by atoms with van der Waals surface area (Å²) >= 11 is 0. The van der Waals surface area contributed by atoms with Crippen LogP contribution in [0.1, 0.15) is 44.7 Å². The quantitative estimate of drug-likeness (QED) is 0.365. The van der Waals surface area contributed by atoms with Crippen molar-refractivity contribution in [2.45, 2.75) is 52.0 Å². The van der Waals surface area contributed by atoms with Gasteiger partial charge in [0.1, 0.15) is 12.3 Å². The lowest BCUT2D eigenvalue weighted by molar-refractivity contribution is -0.142. The number of halogens is 2. The first-order valence-electron chi connectivity index (χ1n) is 12.4. The number of hydrogen-bond donors (Lipinski definition) is 1. The van der Waals surface area contributed by atoms with Gasteiger partial charge in [-0.1, -0.05) is 55.8 Å². The summed E-state index contributed by atoms with van der Waals surface area (Å²) in [5.74, 6) is -1.87. The van der Waals surface area contributed by atoms with E-state index in [1.807, 2.05) is 35.0 Å². The van der Waals surface area contributed by atoms with E-state index in [1.165, 1.54) is 0 Å². The van der Waals surface area contributed by atoms with Crippen molar-refractivity contribution in [3.05, 3.63) is 65.9 Å². The standard InChI is InChI=1S/C28H32F2N2O3/c1-2-7-24-26(22-10-6-11-23(29)27(22)30)28(21-8-4-3-5-9-21)31-32(24)16-19-12-14-20(15-13-19)17-35-18-25(33)34/h3-6,8-11,19-20H,2,7,12-18H2,1H3,(H,33,34). The number of ether oxygens (including phenoxy) is 1. The van der Waals surface area contributed by atoms with Crippen molar-refractivity contribution in [3.63, 3.8) is 0 Å². The van der Waals surface area contributed by atoms with Crippen LogP contribution in [0.2, 0.25) is 0 Å². The molecule has 1 aliphatic carbocycles. The minimum atomic E-state index is -0.944. The average Bonchev–Trinajstić information content (AvgIpc) is 3.20. The van der Waals surface area contributed by atoms with Gasteiger partial charge in [0.25, 0.3) is 0 Å². The molecule has 4 rings (SSSR count). The summed E-state index contributed by atoms with van der Waals surface area (Å²) in [6.07, 6.45) is 5.52. The Kier molecular flexibility index (Phi) is 8.29. The second-order valence-corrected chi connectivity index (χ2v) is 9.37. The number of aromatic nitrogens is 2. The highest BCUT2D eigenvalue weighted by Crippen LogP contribution is 2.38. The Hall–Kier alpha value is -3.06. The van der Waals surface area contributed by atoms with Crippen LogP contribution in [0.5, 0.6) is 0 Å². The summed E-state index contributed by atoms with van der Waals surface area (Å²) in [6, 6.07) is 14.0. The molecule has 5 nitrogen and oxygen atoms in total. The molecule has 35 heavy (non-hydrogen) atoms.